The minimum Gasteiger partial charge on any atom is -0.457 e. The highest BCUT2D eigenvalue weighted by molar-refractivity contribution is 6.16. The molecular formula is C51H32N4O. The molecule has 0 radical (unpaired) electrons. The number of hydrogen-bond acceptors (Lipinski definition) is 5. The monoisotopic (exact) mass is 716 g/mol. The molecule has 2 unspecified atom stereocenters. The van der Waals surface area contributed by atoms with Crippen LogP contribution in [0.2, 0.25) is 0 Å². The second kappa shape index (κ2) is 12.5. The molecule has 0 amide bonds. The van der Waals surface area contributed by atoms with Crippen molar-refractivity contribution in [3.63, 3.8) is 0 Å². The van der Waals surface area contributed by atoms with Gasteiger partial charge in [0.1, 0.15) is 23.2 Å². The first-order chi connectivity index (χ1) is 27.7. The van der Waals surface area contributed by atoms with Crippen molar-refractivity contribution in [2.45, 2.75) is 11.6 Å². The minimum atomic E-state index is -0.671. The fourth-order valence-corrected chi connectivity index (χ4v) is 8.82. The molecule has 0 aromatic heterocycles. The molecule has 0 saturated heterocycles. The summed E-state index contributed by atoms with van der Waals surface area (Å²) in [6.45, 7) is 0. The maximum Gasteiger partial charge on any atom is 0.169 e. The first-order valence-electron chi connectivity index (χ1n) is 18.8. The second-order valence-electron chi connectivity index (χ2n) is 14.5. The lowest BCUT2D eigenvalue weighted by atomic mass is 9.65. The molecule has 1 N–H and O–H groups in total. The Kier molecular flexibility index (Phi) is 7.14. The van der Waals surface area contributed by atoms with Gasteiger partial charge in [0.05, 0.1) is 17.0 Å². The molecule has 0 fully saturated rings. The summed E-state index contributed by atoms with van der Waals surface area (Å²) in [5.74, 6) is 3.19. The van der Waals surface area contributed by atoms with Gasteiger partial charge in [-0.15, -0.1) is 0 Å². The molecule has 8 aromatic rings. The van der Waals surface area contributed by atoms with Crippen LogP contribution in [0.5, 0.6) is 11.5 Å². The highest BCUT2D eigenvalue weighted by atomic mass is 16.5. The van der Waals surface area contributed by atoms with Crippen LogP contribution in [0, 0.1) is 11.3 Å². The summed E-state index contributed by atoms with van der Waals surface area (Å²) in [4.78, 5) is 10.3. The first kappa shape index (κ1) is 31.9. The topological polar surface area (TPSA) is 69.8 Å². The second-order valence-corrected chi connectivity index (χ2v) is 14.5. The van der Waals surface area contributed by atoms with Crippen molar-refractivity contribution in [1.29, 1.82) is 5.26 Å². The van der Waals surface area contributed by atoms with E-state index in [1.54, 1.807) is 0 Å². The van der Waals surface area contributed by atoms with E-state index in [4.69, 9.17) is 14.7 Å². The Bertz CT molecular complexity index is 2980. The number of nitrogens with zero attached hydrogens (tertiary/aromatic N) is 3. The van der Waals surface area contributed by atoms with E-state index in [0.29, 0.717) is 5.56 Å². The van der Waals surface area contributed by atoms with Crippen molar-refractivity contribution in [3.05, 3.63) is 226 Å². The molecule has 2 atom stereocenters. The van der Waals surface area contributed by atoms with Gasteiger partial charge >= 0.3 is 0 Å². The van der Waals surface area contributed by atoms with Crippen molar-refractivity contribution < 1.29 is 4.74 Å². The van der Waals surface area contributed by atoms with Crippen molar-refractivity contribution in [1.82, 2.24) is 5.32 Å². The number of benzene rings is 8. The van der Waals surface area contributed by atoms with Crippen LogP contribution >= 0.6 is 0 Å². The molecule has 2 heterocycles. The smallest absolute Gasteiger partial charge is 0.169 e. The molecule has 56 heavy (non-hydrogen) atoms. The molecule has 262 valence electrons. The van der Waals surface area contributed by atoms with Gasteiger partial charge in [-0.3, -0.25) is 0 Å². The minimum absolute atomic E-state index is 0.408. The normalized spacial score (nSPS) is 17.3. The maximum atomic E-state index is 9.40. The van der Waals surface area contributed by atoms with Crippen molar-refractivity contribution in [2.75, 3.05) is 0 Å². The van der Waals surface area contributed by atoms with Gasteiger partial charge in [0, 0.05) is 22.3 Å². The number of aliphatic imine (C=N–C) groups is 2. The summed E-state index contributed by atoms with van der Waals surface area (Å²) < 4.78 is 6.79. The first-order valence-corrected chi connectivity index (χ1v) is 18.8. The highest BCUT2D eigenvalue weighted by Gasteiger charge is 2.51. The van der Waals surface area contributed by atoms with E-state index in [1.165, 1.54) is 27.6 Å². The van der Waals surface area contributed by atoms with Crippen LogP contribution in [0.1, 0.15) is 50.7 Å². The fourth-order valence-electron chi connectivity index (χ4n) is 8.82. The van der Waals surface area contributed by atoms with Crippen LogP contribution in [0.4, 0.5) is 0 Å². The third-order valence-electron chi connectivity index (χ3n) is 11.4. The zero-order chi connectivity index (χ0) is 37.2. The molecule has 3 aliphatic rings. The van der Waals surface area contributed by atoms with E-state index in [1.807, 2.05) is 66.7 Å². The van der Waals surface area contributed by atoms with Crippen molar-refractivity contribution in [3.8, 4) is 39.8 Å². The quantitative estimate of drug-likeness (QED) is 0.197. The van der Waals surface area contributed by atoms with Gasteiger partial charge in [-0.2, -0.15) is 5.26 Å². The molecule has 5 nitrogen and oxygen atoms in total. The fraction of sp³-hybridized carbons (Fsp3) is 0.0392. The third kappa shape index (κ3) is 4.86. The largest absolute Gasteiger partial charge is 0.457 e. The molecule has 2 aliphatic heterocycles. The van der Waals surface area contributed by atoms with E-state index in [-0.39, 0.29) is 0 Å². The Morgan fingerprint density at radius 3 is 1.95 bits per heavy atom. The SMILES string of the molecule is N#Cc1ccc(-c2ccc3cc4c(cc3c2)C2(c3ccccc3Oc3ccc(C5=NC(c6ccccc6)N=C(c6ccccc6)N5)cc32)c2ccccc2-4)cc1. The van der Waals surface area contributed by atoms with Gasteiger partial charge in [0.15, 0.2) is 6.17 Å². The Morgan fingerprint density at radius 1 is 0.482 bits per heavy atom. The Morgan fingerprint density at radius 2 is 1.14 bits per heavy atom. The lowest BCUT2D eigenvalue weighted by Gasteiger charge is -2.39. The summed E-state index contributed by atoms with van der Waals surface area (Å²) in [6, 6.07) is 65.7. The highest BCUT2D eigenvalue weighted by Crippen LogP contribution is 2.62. The molecule has 5 heteroatoms. The summed E-state index contributed by atoms with van der Waals surface area (Å²) in [5.41, 5.74) is 12.2. The Labute approximate surface area is 324 Å². The molecular weight excluding hydrogens is 685 g/mol. The van der Waals surface area contributed by atoms with Gasteiger partial charge in [0.2, 0.25) is 0 Å². The number of nitrogens with one attached hydrogen (secondary N) is 1. The number of fused-ring (bicyclic) bond motifs is 10. The lowest BCUT2D eigenvalue weighted by Crippen LogP contribution is -2.37. The van der Waals surface area contributed by atoms with Crippen LogP contribution in [-0.4, -0.2) is 11.7 Å². The van der Waals surface area contributed by atoms with Gasteiger partial charge in [0.25, 0.3) is 0 Å². The summed E-state index contributed by atoms with van der Waals surface area (Å²) >= 11 is 0. The van der Waals surface area contributed by atoms with Gasteiger partial charge in [-0.25, -0.2) is 9.98 Å². The zero-order valence-corrected chi connectivity index (χ0v) is 30.1. The third-order valence-corrected chi connectivity index (χ3v) is 11.4. The van der Waals surface area contributed by atoms with E-state index in [0.717, 1.165) is 67.5 Å². The van der Waals surface area contributed by atoms with E-state index in [9.17, 15) is 5.26 Å². The average molecular weight is 717 g/mol. The van der Waals surface area contributed by atoms with Crippen LogP contribution < -0.4 is 10.1 Å². The van der Waals surface area contributed by atoms with Gasteiger partial charge in [-0.05, 0) is 104 Å². The number of para-hydroxylation sites is 1. The van der Waals surface area contributed by atoms with Gasteiger partial charge in [-0.1, -0.05) is 127 Å². The van der Waals surface area contributed by atoms with E-state index >= 15 is 0 Å². The summed E-state index contributed by atoms with van der Waals surface area (Å²) in [6.07, 6.45) is -0.408. The standard InChI is InChI=1S/C51H32N4O/c52-31-32-19-21-33(22-20-32)36-23-24-37-28-41-40-15-7-8-16-42(40)51(44(41)30-39(37)27-36)43-17-9-10-18-46(43)56-47-26-25-38(29-45(47)51)50-54-48(34-11-3-1-4-12-34)53-49(55-50)35-13-5-2-6-14-35/h1-30,48H,(H,53,54,55). The van der Waals surface area contributed by atoms with Crippen molar-refractivity contribution in [2.24, 2.45) is 9.98 Å². The summed E-state index contributed by atoms with van der Waals surface area (Å²) in [7, 11) is 0. The number of nitriles is 1. The lowest BCUT2D eigenvalue weighted by molar-refractivity contribution is 0.436. The Hall–Kier alpha value is -7.55. The zero-order valence-electron chi connectivity index (χ0n) is 30.1. The summed E-state index contributed by atoms with van der Waals surface area (Å²) in [5, 5.41) is 15.3. The number of amidine groups is 2. The molecule has 1 aliphatic carbocycles. The van der Waals surface area contributed by atoms with Gasteiger partial charge < -0.3 is 10.1 Å². The number of hydrogen-bond donors (Lipinski definition) is 1. The van der Waals surface area contributed by atoms with Crippen LogP contribution in [0.3, 0.4) is 0 Å². The van der Waals surface area contributed by atoms with E-state index in [2.05, 4.69) is 127 Å². The van der Waals surface area contributed by atoms with Crippen LogP contribution in [0.25, 0.3) is 33.0 Å². The average Bonchev–Trinajstić information content (AvgIpc) is 3.55. The molecule has 8 aromatic carbocycles. The number of ether oxygens (including phenoxy) is 1. The predicted octanol–water partition coefficient (Wildman–Crippen LogP) is 11.3. The molecule has 0 bridgehead atoms. The van der Waals surface area contributed by atoms with E-state index < -0.39 is 11.6 Å². The molecule has 11 rings (SSSR count). The van der Waals surface area contributed by atoms with Crippen molar-refractivity contribution >= 4 is 22.4 Å². The maximum absolute atomic E-state index is 9.40. The van der Waals surface area contributed by atoms with Crippen LogP contribution in [0.15, 0.2) is 192 Å². The Balaban J connectivity index is 1.13. The predicted molar refractivity (Wildman–Crippen MR) is 223 cm³/mol. The number of rotatable bonds is 4. The molecule has 0 saturated carbocycles. The molecule has 1 spiro atoms. The van der Waals surface area contributed by atoms with Crippen LogP contribution in [-0.2, 0) is 5.41 Å².